The van der Waals surface area contributed by atoms with Crippen molar-refractivity contribution in [1.82, 2.24) is 0 Å². The molecule has 0 aliphatic rings. The van der Waals surface area contributed by atoms with E-state index in [1.54, 1.807) is 6.07 Å². The third-order valence-electron chi connectivity index (χ3n) is 7.13. The van der Waals surface area contributed by atoms with Gasteiger partial charge in [0.1, 0.15) is 29.6 Å². The van der Waals surface area contributed by atoms with Crippen LogP contribution in [-0.4, -0.2) is 10.8 Å². The van der Waals surface area contributed by atoms with E-state index in [1.165, 1.54) is 29.8 Å². The average molecular weight is 577 g/mol. The van der Waals surface area contributed by atoms with Gasteiger partial charge in [-0.1, -0.05) is 62.4 Å². The number of nitrogens with one attached hydrogen (secondary N) is 1. The highest BCUT2D eigenvalue weighted by Crippen LogP contribution is 2.33. The molecule has 43 heavy (non-hydrogen) atoms. The van der Waals surface area contributed by atoms with E-state index in [1.807, 2.05) is 74.5 Å². The van der Waals surface area contributed by atoms with Crippen LogP contribution in [0.2, 0.25) is 0 Å². The number of nitro groups is 1. The predicted octanol–water partition coefficient (Wildman–Crippen LogP) is 8.75. The van der Waals surface area contributed by atoms with E-state index in [-0.39, 0.29) is 34.9 Å². The number of anilines is 1. The SMILES string of the molecule is Cc1cc(C)cc(Oc2cc(NC(=O)c3ccc(COc4ccc(C(C)(C)c5ccccc5)cc4)o3)cc([N+](=O)[O-])c2)c1. The summed E-state index contributed by atoms with van der Waals surface area (Å²) in [5, 5.41) is 14.2. The number of carbonyl (C=O) groups is 1. The lowest BCUT2D eigenvalue weighted by Gasteiger charge is -2.26. The van der Waals surface area contributed by atoms with Crippen LogP contribution < -0.4 is 14.8 Å². The fraction of sp³-hybridized carbons (Fsp3) is 0.171. The molecule has 0 bridgehead atoms. The van der Waals surface area contributed by atoms with Gasteiger partial charge in [0.05, 0.1) is 16.7 Å². The summed E-state index contributed by atoms with van der Waals surface area (Å²) in [6, 6.07) is 31.2. The molecule has 0 fully saturated rings. The number of nitro benzene ring substituents is 1. The van der Waals surface area contributed by atoms with Crippen LogP contribution in [0.1, 0.15) is 52.4 Å². The first kappa shape index (κ1) is 29.1. The van der Waals surface area contributed by atoms with Crippen LogP contribution in [0.25, 0.3) is 0 Å². The van der Waals surface area contributed by atoms with Gasteiger partial charge in [-0.25, -0.2) is 0 Å². The van der Waals surface area contributed by atoms with Crippen molar-refractivity contribution >= 4 is 17.3 Å². The summed E-state index contributed by atoms with van der Waals surface area (Å²) in [6.07, 6.45) is 0. The quantitative estimate of drug-likeness (QED) is 0.132. The van der Waals surface area contributed by atoms with E-state index in [0.717, 1.165) is 16.7 Å². The Kier molecular flexibility index (Phi) is 8.29. The molecule has 0 aliphatic heterocycles. The Labute approximate surface area is 250 Å². The molecule has 0 saturated heterocycles. The van der Waals surface area contributed by atoms with Gasteiger partial charge < -0.3 is 19.2 Å². The van der Waals surface area contributed by atoms with Crippen molar-refractivity contribution < 1.29 is 23.6 Å². The largest absolute Gasteiger partial charge is 0.486 e. The lowest BCUT2D eigenvalue weighted by Crippen LogP contribution is -2.18. The second kappa shape index (κ2) is 12.2. The molecule has 1 N–H and O–H groups in total. The van der Waals surface area contributed by atoms with Crippen LogP contribution in [0.5, 0.6) is 17.2 Å². The minimum Gasteiger partial charge on any atom is -0.486 e. The molecule has 8 heteroatoms. The average Bonchev–Trinajstić information content (AvgIpc) is 3.45. The molecule has 0 atom stereocenters. The lowest BCUT2D eigenvalue weighted by molar-refractivity contribution is -0.384. The molecule has 1 amide bonds. The molecule has 0 spiro atoms. The van der Waals surface area contributed by atoms with E-state index in [4.69, 9.17) is 13.9 Å². The monoisotopic (exact) mass is 576 g/mol. The zero-order valence-corrected chi connectivity index (χ0v) is 24.4. The van der Waals surface area contributed by atoms with Crippen LogP contribution in [0.3, 0.4) is 0 Å². The first-order valence-electron chi connectivity index (χ1n) is 13.8. The number of amides is 1. The van der Waals surface area contributed by atoms with Crippen LogP contribution >= 0.6 is 0 Å². The van der Waals surface area contributed by atoms with E-state index < -0.39 is 10.8 Å². The number of aryl methyl sites for hydroxylation is 2. The maximum Gasteiger partial charge on any atom is 0.291 e. The molecule has 1 aromatic heterocycles. The normalized spacial score (nSPS) is 11.2. The maximum atomic E-state index is 12.9. The van der Waals surface area contributed by atoms with E-state index >= 15 is 0 Å². The molecule has 0 saturated carbocycles. The highest BCUT2D eigenvalue weighted by atomic mass is 16.6. The van der Waals surface area contributed by atoms with E-state index in [9.17, 15) is 14.9 Å². The molecule has 5 aromatic rings. The Morgan fingerprint density at radius 3 is 2.14 bits per heavy atom. The van der Waals surface area contributed by atoms with E-state index in [0.29, 0.717) is 17.3 Å². The van der Waals surface area contributed by atoms with Gasteiger partial charge in [-0.05, 0) is 72.5 Å². The zero-order valence-electron chi connectivity index (χ0n) is 24.4. The summed E-state index contributed by atoms with van der Waals surface area (Å²) in [5.41, 5.74) is 4.20. The first-order chi connectivity index (χ1) is 20.6. The van der Waals surface area contributed by atoms with Crippen molar-refractivity contribution in [2.45, 2.75) is 39.7 Å². The fourth-order valence-corrected chi connectivity index (χ4v) is 4.86. The molecule has 1 heterocycles. The minimum absolute atomic E-state index is 0.0434. The van der Waals surface area contributed by atoms with E-state index in [2.05, 4.69) is 31.3 Å². The topological polar surface area (TPSA) is 104 Å². The second-order valence-corrected chi connectivity index (χ2v) is 10.9. The van der Waals surface area contributed by atoms with Crippen molar-refractivity contribution in [2.75, 3.05) is 5.32 Å². The standard InChI is InChI=1S/C35H32N2O6/c1-23-16-24(2)18-31(17-23)42-32-20-27(19-28(21-32)37(39)40)36-34(38)33-15-14-30(43-33)22-41-29-12-10-26(11-13-29)35(3,4)25-8-6-5-7-9-25/h5-21H,22H2,1-4H3,(H,36,38). The lowest BCUT2D eigenvalue weighted by atomic mass is 9.78. The second-order valence-electron chi connectivity index (χ2n) is 10.9. The Morgan fingerprint density at radius 2 is 1.47 bits per heavy atom. The number of non-ortho nitro benzene ring substituents is 1. The summed E-state index contributed by atoms with van der Waals surface area (Å²) in [6.45, 7) is 8.36. The number of hydrogen-bond donors (Lipinski definition) is 1. The minimum atomic E-state index is -0.559. The summed E-state index contributed by atoms with van der Waals surface area (Å²) in [4.78, 5) is 23.9. The smallest absolute Gasteiger partial charge is 0.291 e. The van der Waals surface area contributed by atoms with Gasteiger partial charge in [-0.3, -0.25) is 14.9 Å². The molecular formula is C35H32N2O6. The third-order valence-corrected chi connectivity index (χ3v) is 7.13. The molecular weight excluding hydrogens is 544 g/mol. The van der Waals surface area contributed by atoms with Crippen molar-refractivity contribution in [1.29, 1.82) is 0 Å². The number of benzene rings is 4. The van der Waals surface area contributed by atoms with Crippen molar-refractivity contribution in [3.8, 4) is 17.2 Å². The molecule has 5 rings (SSSR count). The van der Waals surface area contributed by atoms with Crippen LogP contribution in [0, 0.1) is 24.0 Å². The first-order valence-corrected chi connectivity index (χ1v) is 13.8. The summed E-state index contributed by atoms with van der Waals surface area (Å²) in [7, 11) is 0. The summed E-state index contributed by atoms with van der Waals surface area (Å²) < 4.78 is 17.5. The van der Waals surface area contributed by atoms with Crippen molar-refractivity contribution in [3.63, 3.8) is 0 Å². The number of ether oxygens (including phenoxy) is 2. The van der Waals surface area contributed by atoms with Crippen LogP contribution in [0.15, 0.2) is 108 Å². The number of nitrogens with zero attached hydrogens (tertiary/aromatic N) is 1. The number of hydrogen-bond acceptors (Lipinski definition) is 6. The van der Waals surface area contributed by atoms with Gasteiger partial charge >= 0.3 is 0 Å². The summed E-state index contributed by atoms with van der Waals surface area (Å²) in [5.74, 6) is 1.37. The maximum absolute atomic E-state index is 12.9. The third kappa shape index (κ3) is 7.11. The van der Waals surface area contributed by atoms with Gasteiger partial charge in [0.2, 0.25) is 0 Å². The predicted molar refractivity (Wildman–Crippen MR) is 165 cm³/mol. The van der Waals surface area contributed by atoms with Crippen LogP contribution in [0.4, 0.5) is 11.4 Å². The number of carbonyl (C=O) groups excluding carboxylic acids is 1. The van der Waals surface area contributed by atoms with Gasteiger partial charge in [0, 0.05) is 17.5 Å². The molecule has 0 unspecified atom stereocenters. The van der Waals surface area contributed by atoms with Crippen LogP contribution in [-0.2, 0) is 12.0 Å². The highest BCUT2D eigenvalue weighted by molar-refractivity contribution is 6.02. The Bertz CT molecular complexity index is 1740. The highest BCUT2D eigenvalue weighted by Gasteiger charge is 2.23. The molecule has 0 aliphatic carbocycles. The summed E-state index contributed by atoms with van der Waals surface area (Å²) >= 11 is 0. The zero-order chi connectivity index (χ0) is 30.6. The van der Waals surface area contributed by atoms with Gasteiger partial charge in [-0.15, -0.1) is 0 Å². The van der Waals surface area contributed by atoms with Crippen molar-refractivity contribution in [2.24, 2.45) is 0 Å². The number of rotatable bonds is 10. The van der Waals surface area contributed by atoms with Crippen molar-refractivity contribution in [3.05, 3.63) is 147 Å². The molecule has 218 valence electrons. The van der Waals surface area contributed by atoms with Gasteiger partial charge in [-0.2, -0.15) is 0 Å². The molecule has 8 nitrogen and oxygen atoms in total. The Hall–Kier alpha value is -5.37. The Morgan fingerprint density at radius 1 is 0.814 bits per heavy atom. The number of furan rings is 1. The van der Waals surface area contributed by atoms with Gasteiger partial charge in [0.25, 0.3) is 11.6 Å². The molecule has 4 aromatic carbocycles. The molecule has 0 radical (unpaired) electrons. The Balaban J connectivity index is 1.23. The van der Waals surface area contributed by atoms with Gasteiger partial charge in [0.15, 0.2) is 5.76 Å². The fourth-order valence-electron chi connectivity index (χ4n) is 4.86.